The first-order valence-electron chi connectivity index (χ1n) is 14.1. The molecule has 0 saturated heterocycles. The van der Waals surface area contributed by atoms with Gasteiger partial charge in [0.15, 0.2) is 0 Å². The second-order valence-electron chi connectivity index (χ2n) is 11.2. The fourth-order valence-corrected chi connectivity index (χ4v) is 7.62. The van der Waals surface area contributed by atoms with Crippen LogP contribution in [0.4, 0.5) is 5.69 Å². The third-order valence-electron chi connectivity index (χ3n) is 9.28. The molecule has 5 rings (SSSR count). The molecule has 2 saturated carbocycles. The lowest BCUT2D eigenvalue weighted by atomic mass is 9.47. The van der Waals surface area contributed by atoms with Crippen LogP contribution in [0, 0.1) is 28.6 Å². The lowest BCUT2D eigenvalue weighted by Crippen LogP contribution is -2.49. The van der Waals surface area contributed by atoms with Gasteiger partial charge < -0.3 is 10.4 Å². The van der Waals surface area contributed by atoms with Gasteiger partial charge in [-0.2, -0.15) is 0 Å². The fraction of sp³-hybridized carbons (Fsp3) is 0.594. The molecular weight excluding hydrogens is 458 g/mol. The minimum atomic E-state index is -0.141. The van der Waals surface area contributed by atoms with Gasteiger partial charge in [0.2, 0.25) is 5.91 Å². The van der Waals surface area contributed by atoms with E-state index in [1.165, 1.54) is 37.1 Å². The Labute approximate surface area is 224 Å². The van der Waals surface area contributed by atoms with E-state index in [2.05, 4.69) is 53.9 Å². The van der Waals surface area contributed by atoms with Crippen LogP contribution in [0.25, 0.3) is 5.57 Å². The minimum Gasteiger partial charge on any atom is -0.393 e. The summed E-state index contributed by atoms with van der Waals surface area (Å²) in [4.78, 5) is 19.5. The van der Waals surface area contributed by atoms with Crippen LogP contribution in [0.2, 0.25) is 0 Å². The summed E-state index contributed by atoms with van der Waals surface area (Å²) in [5, 5.41) is 13.1. The van der Waals surface area contributed by atoms with Crippen molar-refractivity contribution >= 4 is 23.4 Å². The minimum absolute atomic E-state index is 0.0606. The van der Waals surface area contributed by atoms with E-state index in [0.717, 1.165) is 49.3 Å². The van der Waals surface area contributed by atoms with Crippen LogP contribution in [0.5, 0.6) is 0 Å². The summed E-state index contributed by atoms with van der Waals surface area (Å²) < 4.78 is 0. The van der Waals surface area contributed by atoms with Crippen LogP contribution < -0.4 is 5.32 Å². The Kier molecular flexibility index (Phi) is 9.68. The van der Waals surface area contributed by atoms with Crippen LogP contribution in [-0.2, 0) is 4.79 Å². The summed E-state index contributed by atoms with van der Waals surface area (Å²) in [6.07, 6.45) is 19.4. The summed E-state index contributed by atoms with van der Waals surface area (Å²) in [6, 6.07) is 2.09. The molecule has 37 heavy (non-hydrogen) atoms. The van der Waals surface area contributed by atoms with Gasteiger partial charge in [0.25, 0.3) is 0 Å². The lowest BCUT2D eigenvalue weighted by Gasteiger charge is -2.57. The molecule has 0 aromatic carbocycles. The number of carbonyl (C=O) groups is 1. The zero-order valence-corrected chi connectivity index (χ0v) is 23.8. The Morgan fingerprint density at radius 3 is 2.51 bits per heavy atom. The first-order valence-corrected chi connectivity index (χ1v) is 14.1. The summed E-state index contributed by atoms with van der Waals surface area (Å²) in [5.41, 5.74) is 5.34. The predicted octanol–water partition coefficient (Wildman–Crippen LogP) is 7.60. The highest BCUT2D eigenvalue weighted by Crippen LogP contribution is 2.66. The highest BCUT2D eigenvalue weighted by Gasteiger charge is 2.56. The van der Waals surface area contributed by atoms with Gasteiger partial charge in [-0.05, 0) is 97.7 Å². The summed E-state index contributed by atoms with van der Waals surface area (Å²) in [5.74, 6) is 2.05. The van der Waals surface area contributed by atoms with Gasteiger partial charge in [0.05, 0.1) is 18.0 Å². The number of hydrogen-bond acceptors (Lipinski definition) is 4. The van der Waals surface area contributed by atoms with Gasteiger partial charge in [-0.15, -0.1) is 0 Å². The van der Waals surface area contributed by atoms with E-state index in [0.29, 0.717) is 11.8 Å². The van der Waals surface area contributed by atoms with Gasteiger partial charge in [-0.3, -0.25) is 14.8 Å². The quantitative estimate of drug-likeness (QED) is 0.328. The van der Waals surface area contributed by atoms with Crippen LogP contribution in [0.1, 0.15) is 92.1 Å². The monoisotopic (exact) mass is 505 g/mol. The van der Waals surface area contributed by atoms with Crippen molar-refractivity contribution in [1.82, 2.24) is 4.98 Å². The Bertz CT molecular complexity index is 1060. The van der Waals surface area contributed by atoms with E-state index in [9.17, 15) is 9.90 Å². The zero-order chi connectivity index (χ0) is 27.2. The van der Waals surface area contributed by atoms with Crippen molar-refractivity contribution in [1.29, 1.82) is 0 Å². The zero-order valence-electron chi connectivity index (χ0n) is 23.8. The molecule has 2 fully saturated rings. The van der Waals surface area contributed by atoms with Crippen molar-refractivity contribution in [2.24, 2.45) is 33.6 Å². The molecular formula is C32H47N3O2. The lowest BCUT2D eigenvalue weighted by molar-refractivity contribution is -0.114. The number of nitrogens with one attached hydrogen (secondary N) is 1. The Balaban J connectivity index is 0.000000489. The molecule has 5 unspecified atom stereocenters. The van der Waals surface area contributed by atoms with Crippen LogP contribution in [0.3, 0.4) is 0 Å². The Hall–Kier alpha value is -2.53. The smallest absolute Gasteiger partial charge is 0.221 e. The van der Waals surface area contributed by atoms with Gasteiger partial charge in [-0.25, -0.2) is 0 Å². The highest BCUT2D eigenvalue weighted by molar-refractivity contribution is 5.89. The van der Waals surface area contributed by atoms with Crippen molar-refractivity contribution in [2.75, 3.05) is 5.32 Å². The van der Waals surface area contributed by atoms with E-state index < -0.39 is 0 Å². The van der Waals surface area contributed by atoms with E-state index in [-0.39, 0.29) is 22.8 Å². The molecule has 0 bridgehead atoms. The number of aliphatic imine (C=N–C) groups is 1. The van der Waals surface area contributed by atoms with Crippen LogP contribution >= 0.6 is 0 Å². The van der Waals surface area contributed by atoms with Gasteiger partial charge in [0.1, 0.15) is 0 Å². The number of pyridine rings is 1. The average Bonchev–Trinajstić information content (AvgIpc) is 3.24. The maximum Gasteiger partial charge on any atom is 0.221 e. The molecule has 2 N–H and O–H groups in total. The number of fused-ring (bicyclic) bond motifs is 5. The Morgan fingerprint density at radius 1 is 1.14 bits per heavy atom. The molecule has 5 heteroatoms. The summed E-state index contributed by atoms with van der Waals surface area (Å²) in [6.45, 7) is 15.7. The second kappa shape index (κ2) is 12.3. The predicted molar refractivity (Wildman–Crippen MR) is 155 cm³/mol. The topological polar surface area (TPSA) is 74.6 Å². The van der Waals surface area contributed by atoms with Crippen molar-refractivity contribution in [2.45, 2.75) is 92.6 Å². The number of hydrogen-bond donors (Lipinski definition) is 2. The van der Waals surface area contributed by atoms with Crippen molar-refractivity contribution in [3.8, 4) is 0 Å². The molecule has 1 amide bonds. The number of aliphatic hydroxyl groups excluding tert-OH is 1. The normalized spacial score (nSPS) is 33.7. The first kappa shape index (κ1) is 29.0. The number of carbonyl (C=O) groups excluding carboxylic acids is 1. The van der Waals surface area contributed by atoms with Gasteiger partial charge >= 0.3 is 0 Å². The standard InChI is InChI=1S/C26H34N2O2.C4H7N.C2H6/c1-16(29)28-19-12-17(14-27-15-19)22-6-7-23-21-5-4-18-13-20(30)8-10-25(18,2)24(21)9-11-26(22,23)3;1-3-5-4-2;1-2/h4,6,12,14-15,20-21,23-24,30H,5,7-11,13H2,1-3H3,(H,28,29);3-4H,1H2,2H3;1-2H3/t20?,21?,23?,24-,25?,26?;;/m0../s1. The third kappa shape index (κ3) is 5.82. The second-order valence-corrected chi connectivity index (χ2v) is 11.2. The Morgan fingerprint density at radius 2 is 1.86 bits per heavy atom. The van der Waals surface area contributed by atoms with Gasteiger partial charge in [-0.1, -0.05) is 52.0 Å². The number of rotatable bonds is 3. The van der Waals surface area contributed by atoms with E-state index in [1.807, 2.05) is 27.0 Å². The number of anilines is 1. The molecule has 1 aromatic rings. The summed E-state index contributed by atoms with van der Waals surface area (Å²) >= 11 is 0. The van der Waals surface area contributed by atoms with E-state index >= 15 is 0 Å². The van der Waals surface area contributed by atoms with E-state index in [1.54, 1.807) is 12.4 Å². The maximum atomic E-state index is 11.5. The molecule has 4 aliphatic rings. The molecule has 202 valence electrons. The van der Waals surface area contributed by atoms with Crippen LogP contribution in [0.15, 0.2) is 54.0 Å². The number of allylic oxidation sites excluding steroid dienone is 3. The first-order chi connectivity index (χ1) is 17.7. The third-order valence-corrected chi connectivity index (χ3v) is 9.28. The number of aromatic nitrogens is 1. The number of aliphatic hydroxyl groups is 1. The molecule has 1 aromatic heterocycles. The largest absolute Gasteiger partial charge is 0.393 e. The number of nitrogens with zero attached hydrogens (tertiary/aromatic N) is 2. The molecule has 0 aliphatic heterocycles. The highest BCUT2D eigenvalue weighted by atomic mass is 16.3. The molecule has 0 spiro atoms. The average molecular weight is 506 g/mol. The summed E-state index contributed by atoms with van der Waals surface area (Å²) in [7, 11) is 0. The number of amides is 1. The van der Waals surface area contributed by atoms with Crippen molar-refractivity contribution in [3.63, 3.8) is 0 Å². The molecule has 1 heterocycles. The molecule has 0 radical (unpaired) electrons. The van der Waals surface area contributed by atoms with Crippen LogP contribution in [-0.4, -0.2) is 28.3 Å². The maximum absolute atomic E-state index is 11.5. The van der Waals surface area contributed by atoms with E-state index in [4.69, 9.17) is 0 Å². The molecule has 6 atom stereocenters. The van der Waals surface area contributed by atoms with Gasteiger partial charge in [0, 0.05) is 25.5 Å². The van der Waals surface area contributed by atoms with Crippen molar-refractivity contribution in [3.05, 3.63) is 54.5 Å². The molecule has 4 aliphatic carbocycles. The molecule has 5 nitrogen and oxygen atoms in total. The van der Waals surface area contributed by atoms with Crippen molar-refractivity contribution < 1.29 is 9.90 Å². The fourth-order valence-electron chi connectivity index (χ4n) is 7.62. The SMILES string of the molecule is C=CN=CC.CC.CC(=O)Nc1cncc(C2=CCC3C4CC=C5CC(O)CCC5(C)[C@H]4CCC23C)c1.